The molecule has 1 heterocycles. The molecule has 0 unspecified atom stereocenters. The van der Waals surface area contributed by atoms with E-state index in [9.17, 15) is 0 Å². The van der Waals surface area contributed by atoms with Crippen LogP contribution >= 0.6 is 11.3 Å². The molecular formula is C18H16S. The van der Waals surface area contributed by atoms with Crippen LogP contribution in [0, 0.1) is 13.8 Å². The van der Waals surface area contributed by atoms with Crippen molar-refractivity contribution in [1.29, 1.82) is 0 Å². The molecule has 19 heavy (non-hydrogen) atoms. The summed E-state index contributed by atoms with van der Waals surface area (Å²) in [7, 11) is 0. The van der Waals surface area contributed by atoms with Gasteiger partial charge in [0.05, 0.1) is 0 Å². The fraction of sp³-hybridized carbons (Fsp3) is 0.111. The monoisotopic (exact) mass is 264 g/mol. The van der Waals surface area contributed by atoms with E-state index in [1.165, 1.54) is 32.7 Å². The molecule has 0 saturated heterocycles. The van der Waals surface area contributed by atoms with E-state index in [-0.39, 0.29) is 0 Å². The lowest BCUT2D eigenvalue weighted by Crippen LogP contribution is -1.87. The van der Waals surface area contributed by atoms with E-state index in [1.54, 1.807) is 11.3 Å². The Morgan fingerprint density at radius 1 is 0.684 bits per heavy atom. The van der Waals surface area contributed by atoms with Crippen molar-refractivity contribution in [3.8, 4) is 21.6 Å². The first-order valence-electron chi connectivity index (χ1n) is 6.46. The van der Waals surface area contributed by atoms with E-state index >= 15 is 0 Å². The van der Waals surface area contributed by atoms with Crippen molar-refractivity contribution in [1.82, 2.24) is 0 Å². The van der Waals surface area contributed by atoms with Crippen LogP contribution in [0.5, 0.6) is 0 Å². The molecule has 94 valence electrons. The zero-order chi connectivity index (χ0) is 13.2. The summed E-state index contributed by atoms with van der Waals surface area (Å²) in [4.78, 5) is 1.33. The number of hydrogen-bond donors (Lipinski definition) is 0. The highest BCUT2D eigenvalue weighted by Gasteiger charge is 2.05. The lowest BCUT2D eigenvalue weighted by atomic mass is 9.95. The SMILES string of the molecule is Cc1cccc(C)c1-c1ccc(-c2cccs2)cc1. The number of hydrogen-bond acceptors (Lipinski definition) is 1. The van der Waals surface area contributed by atoms with Gasteiger partial charge in [-0.25, -0.2) is 0 Å². The van der Waals surface area contributed by atoms with Crippen LogP contribution in [-0.4, -0.2) is 0 Å². The number of thiophene rings is 1. The van der Waals surface area contributed by atoms with Gasteiger partial charge in [-0.05, 0) is 53.1 Å². The highest BCUT2D eigenvalue weighted by Crippen LogP contribution is 2.30. The van der Waals surface area contributed by atoms with Gasteiger partial charge in [0.2, 0.25) is 0 Å². The Balaban J connectivity index is 2.04. The lowest BCUT2D eigenvalue weighted by molar-refractivity contribution is 1.38. The Kier molecular flexibility index (Phi) is 3.22. The molecule has 0 spiro atoms. The van der Waals surface area contributed by atoms with Crippen molar-refractivity contribution in [2.45, 2.75) is 13.8 Å². The van der Waals surface area contributed by atoms with Gasteiger partial charge in [-0.3, -0.25) is 0 Å². The van der Waals surface area contributed by atoms with Gasteiger partial charge < -0.3 is 0 Å². The van der Waals surface area contributed by atoms with Crippen molar-refractivity contribution in [3.63, 3.8) is 0 Å². The third kappa shape index (κ3) is 2.34. The average Bonchev–Trinajstić information content (AvgIpc) is 2.93. The maximum absolute atomic E-state index is 2.23. The third-order valence-electron chi connectivity index (χ3n) is 3.46. The van der Waals surface area contributed by atoms with Gasteiger partial charge in [-0.1, -0.05) is 48.5 Å². The van der Waals surface area contributed by atoms with E-state index in [1.807, 2.05) is 0 Å². The van der Waals surface area contributed by atoms with Gasteiger partial charge in [0.15, 0.2) is 0 Å². The Bertz CT molecular complexity index is 656. The average molecular weight is 264 g/mol. The Hall–Kier alpha value is -1.86. The first-order valence-corrected chi connectivity index (χ1v) is 7.34. The summed E-state index contributed by atoms with van der Waals surface area (Å²) in [6.07, 6.45) is 0. The summed E-state index contributed by atoms with van der Waals surface area (Å²) < 4.78 is 0. The predicted molar refractivity (Wildman–Crippen MR) is 84.7 cm³/mol. The minimum Gasteiger partial charge on any atom is -0.144 e. The quantitative estimate of drug-likeness (QED) is 0.557. The molecular weight excluding hydrogens is 248 g/mol. The lowest BCUT2D eigenvalue weighted by Gasteiger charge is -2.10. The fourth-order valence-electron chi connectivity index (χ4n) is 2.51. The minimum absolute atomic E-state index is 1.30. The summed E-state index contributed by atoms with van der Waals surface area (Å²) in [6.45, 7) is 4.35. The summed E-state index contributed by atoms with van der Waals surface area (Å²) >= 11 is 1.78. The fourth-order valence-corrected chi connectivity index (χ4v) is 3.25. The van der Waals surface area contributed by atoms with E-state index < -0.39 is 0 Å². The zero-order valence-electron chi connectivity index (χ0n) is 11.2. The Labute approximate surface area is 118 Å². The molecule has 0 amide bonds. The Morgan fingerprint density at radius 2 is 1.32 bits per heavy atom. The molecule has 3 rings (SSSR count). The second kappa shape index (κ2) is 5.02. The van der Waals surface area contributed by atoms with Crippen molar-refractivity contribution >= 4 is 11.3 Å². The molecule has 3 aromatic rings. The van der Waals surface area contributed by atoms with Gasteiger partial charge in [0.25, 0.3) is 0 Å². The zero-order valence-corrected chi connectivity index (χ0v) is 12.0. The molecule has 0 saturated carbocycles. The predicted octanol–water partition coefficient (Wildman–Crippen LogP) is 5.70. The topological polar surface area (TPSA) is 0 Å². The molecule has 0 fully saturated rings. The van der Waals surface area contributed by atoms with Crippen LogP contribution < -0.4 is 0 Å². The van der Waals surface area contributed by atoms with Crippen LogP contribution in [0.4, 0.5) is 0 Å². The second-order valence-corrected chi connectivity index (χ2v) is 5.77. The van der Waals surface area contributed by atoms with Crippen LogP contribution in [0.2, 0.25) is 0 Å². The first kappa shape index (κ1) is 12.2. The molecule has 0 radical (unpaired) electrons. The van der Waals surface area contributed by atoms with Gasteiger partial charge in [-0.2, -0.15) is 0 Å². The molecule has 0 nitrogen and oxygen atoms in total. The summed E-state index contributed by atoms with van der Waals surface area (Å²) in [5, 5.41) is 2.12. The molecule has 1 aromatic heterocycles. The van der Waals surface area contributed by atoms with E-state index in [0.29, 0.717) is 0 Å². The standard InChI is InChI=1S/C18H16S/c1-13-5-3-6-14(2)18(13)16-10-8-15(9-11-16)17-7-4-12-19-17/h3-12H,1-2H3. The summed E-state index contributed by atoms with van der Waals surface area (Å²) in [6, 6.07) is 19.6. The van der Waals surface area contributed by atoms with Crippen LogP contribution in [0.15, 0.2) is 60.0 Å². The normalized spacial score (nSPS) is 10.6. The third-order valence-corrected chi connectivity index (χ3v) is 4.38. The maximum Gasteiger partial charge on any atom is 0.0342 e. The van der Waals surface area contributed by atoms with Crippen molar-refractivity contribution in [3.05, 3.63) is 71.1 Å². The highest BCUT2D eigenvalue weighted by molar-refractivity contribution is 7.13. The smallest absolute Gasteiger partial charge is 0.0342 e. The molecule has 2 aromatic carbocycles. The highest BCUT2D eigenvalue weighted by atomic mass is 32.1. The summed E-state index contributed by atoms with van der Waals surface area (Å²) in [5.41, 5.74) is 6.63. The van der Waals surface area contributed by atoms with E-state index in [2.05, 4.69) is 73.8 Å². The second-order valence-electron chi connectivity index (χ2n) is 4.82. The molecule has 0 N–H and O–H groups in total. The van der Waals surface area contributed by atoms with Crippen LogP contribution in [-0.2, 0) is 0 Å². The largest absolute Gasteiger partial charge is 0.144 e. The van der Waals surface area contributed by atoms with E-state index in [4.69, 9.17) is 0 Å². The van der Waals surface area contributed by atoms with Crippen molar-refractivity contribution in [2.24, 2.45) is 0 Å². The van der Waals surface area contributed by atoms with Gasteiger partial charge >= 0.3 is 0 Å². The summed E-state index contributed by atoms with van der Waals surface area (Å²) in [5.74, 6) is 0. The maximum atomic E-state index is 2.23. The number of aryl methyl sites for hydroxylation is 2. The van der Waals surface area contributed by atoms with Crippen LogP contribution in [0.1, 0.15) is 11.1 Å². The van der Waals surface area contributed by atoms with E-state index in [0.717, 1.165) is 0 Å². The van der Waals surface area contributed by atoms with Gasteiger partial charge in [0, 0.05) is 4.88 Å². The first-order chi connectivity index (χ1) is 9.25. The molecule has 1 heteroatoms. The van der Waals surface area contributed by atoms with Gasteiger partial charge in [-0.15, -0.1) is 11.3 Å². The molecule has 0 bridgehead atoms. The molecule has 0 aliphatic carbocycles. The number of benzene rings is 2. The minimum atomic E-state index is 1.30. The van der Waals surface area contributed by atoms with Crippen molar-refractivity contribution in [2.75, 3.05) is 0 Å². The number of rotatable bonds is 2. The van der Waals surface area contributed by atoms with Crippen molar-refractivity contribution < 1.29 is 0 Å². The Morgan fingerprint density at radius 3 is 1.89 bits per heavy atom. The molecule has 0 atom stereocenters. The molecule has 0 aliphatic heterocycles. The van der Waals surface area contributed by atoms with Crippen LogP contribution in [0.25, 0.3) is 21.6 Å². The van der Waals surface area contributed by atoms with Crippen LogP contribution in [0.3, 0.4) is 0 Å². The van der Waals surface area contributed by atoms with Gasteiger partial charge in [0.1, 0.15) is 0 Å². The molecule has 0 aliphatic rings.